The van der Waals surface area contributed by atoms with Gasteiger partial charge in [-0.1, -0.05) is 18.2 Å². The van der Waals surface area contributed by atoms with Gasteiger partial charge in [-0.3, -0.25) is 4.79 Å². The van der Waals surface area contributed by atoms with Gasteiger partial charge in [-0.2, -0.15) is 0 Å². The van der Waals surface area contributed by atoms with E-state index in [-0.39, 0.29) is 23.7 Å². The van der Waals surface area contributed by atoms with E-state index in [2.05, 4.69) is 4.90 Å². The third kappa shape index (κ3) is 2.67. The average Bonchev–Trinajstić information content (AvgIpc) is 3.33. The van der Waals surface area contributed by atoms with Crippen LogP contribution in [0, 0.1) is 18.3 Å². The van der Waals surface area contributed by atoms with Gasteiger partial charge in [0.05, 0.1) is 30.9 Å². The van der Waals surface area contributed by atoms with Crippen molar-refractivity contribution in [2.45, 2.75) is 19.4 Å². The maximum absolute atomic E-state index is 12.5. The van der Waals surface area contributed by atoms with E-state index < -0.39 is 5.41 Å². The Hall–Kier alpha value is -2.60. The van der Waals surface area contributed by atoms with Crippen LogP contribution in [0.4, 0.5) is 5.82 Å². The van der Waals surface area contributed by atoms with Gasteiger partial charge in [0.1, 0.15) is 11.6 Å². The smallest absolute Gasteiger partial charge is 0.314 e. The number of carbonyl (C=O) groups excluding carboxylic acids is 1. The molecule has 1 aliphatic heterocycles. The number of aromatic nitrogens is 1. The molecule has 2 fully saturated rings. The largest absolute Gasteiger partial charge is 0.507 e. The number of carbonyl (C=O) groups is 1. The average molecular weight is 368 g/mol. The molecule has 4 rings (SSSR count). The lowest BCUT2D eigenvalue weighted by Crippen LogP contribution is -2.44. The van der Waals surface area contributed by atoms with Gasteiger partial charge in [0, 0.05) is 19.2 Å². The van der Waals surface area contributed by atoms with E-state index in [1.165, 1.54) is 7.11 Å². The Morgan fingerprint density at radius 2 is 2.07 bits per heavy atom. The van der Waals surface area contributed by atoms with Crippen LogP contribution in [-0.4, -0.2) is 49.5 Å². The molecule has 1 aromatic heterocycles. The minimum absolute atomic E-state index is 0.103. The minimum atomic E-state index is -0.492. The number of rotatable bonds is 5. The lowest BCUT2D eigenvalue weighted by Gasteiger charge is -2.31. The summed E-state index contributed by atoms with van der Waals surface area (Å²) in [6.45, 7) is 3.05. The molecule has 3 atom stereocenters. The molecule has 27 heavy (non-hydrogen) atoms. The molecule has 0 bridgehead atoms. The molecule has 6 nitrogen and oxygen atoms in total. The van der Waals surface area contributed by atoms with E-state index in [1.54, 1.807) is 7.11 Å². The summed E-state index contributed by atoms with van der Waals surface area (Å²) in [6, 6.07) is 11.3. The molecule has 0 amide bonds. The lowest BCUT2D eigenvalue weighted by molar-refractivity contribution is -0.148. The molecule has 0 spiro atoms. The first-order valence-corrected chi connectivity index (χ1v) is 9.13. The van der Waals surface area contributed by atoms with Crippen LogP contribution in [0.3, 0.4) is 0 Å². The number of hydrogen-bond donors (Lipinski definition) is 1. The van der Waals surface area contributed by atoms with Gasteiger partial charge in [-0.25, -0.2) is 4.98 Å². The number of hydrogen-bond acceptors (Lipinski definition) is 6. The van der Waals surface area contributed by atoms with Crippen LogP contribution in [-0.2, 0) is 14.3 Å². The van der Waals surface area contributed by atoms with Crippen molar-refractivity contribution in [2.24, 2.45) is 11.3 Å². The third-order valence-corrected chi connectivity index (χ3v) is 5.97. The number of aryl methyl sites for hydroxylation is 1. The lowest BCUT2D eigenvalue weighted by atomic mass is 9.96. The highest BCUT2D eigenvalue weighted by Gasteiger charge is 2.71. The van der Waals surface area contributed by atoms with E-state index in [1.807, 2.05) is 43.3 Å². The number of aromatic hydroxyl groups is 1. The summed E-state index contributed by atoms with van der Waals surface area (Å²) in [6.07, 6.45) is 0.836. The predicted octanol–water partition coefficient (Wildman–Crippen LogP) is 2.78. The number of esters is 1. The van der Waals surface area contributed by atoms with Gasteiger partial charge >= 0.3 is 5.97 Å². The zero-order valence-corrected chi connectivity index (χ0v) is 15.8. The molecule has 1 N–H and O–H groups in total. The van der Waals surface area contributed by atoms with Crippen LogP contribution in [0.25, 0.3) is 11.3 Å². The summed E-state index contributed by atoms with van der Waals surface area (Å²) in [5.74, 6) is 1.13. The number of phenols is 1. The van der Waals surface area contributed by atoms with E-state index in [0.717, 1.165) is 24.3 Å². The van der Waals surface area contributed by atoms with Crippen molar-refractivity contribution in [3.63, 3.8) is 0 Å². The summed E-state index contributed by atoms with van der Waals surface area (Å²) < 4.78 is 10.5. The Morgan fingerprint density at radius 3 is 2.81 bits per heavy atom. The first-order valence-electron chi connectivity index (χ1n) is 9.13. The van der Waals surface area contributed by atoms with E-state index in [9.17, 15) is 9.90 Å². The predicted molar refractivity (Wildman–Crippen MR) is 102 cm³/mol. The highest BCUT2D eigenvalue weighted by atomic mass is 16.5. The zero-order chi connectivity index (χ0) is 19.2. The SMILES string of the molecule is COC[C@H]1N(c2cccc(-c3cccc(C)c3O)n2)C[C@@H]2C[C@@]21C(=O)OC. The number of benzene rings is 1. The summed E-state index contributed by atoms with van der Waals surface area (Å²) in [5, 5.41) is 10.4. The van der Waals surface area contributed by atoms with Crippen molar-refractivity contribution >= 4 is 11.8 Å². The van der Waals surface area contributed by atoms with Crippen LogP contribution in [0.1, 0.15) is 12.0 Å². The van der Waals surface area contributed by atoms with Crippen molar-refractivity contribution < 1.29 is 19.4 Å². The molecular formula is C21H24N2O4. The molecule has 2 aromatic rings. The van der Waals surface area contributed by atoms with Crippen LogP contribution >= 0.6 is 0 Å². The monoisotopic (exact) mass is 368 g/mol. The Labute approximate surface area is 158 Å². The standard InChI is InChI=1S/C21H24N2O4/c1-13-6-4-7-15(19(13)24)16-8-5-9-18(22-16)23-11-14-10-21(14,20(25)27-3)17(23)12-26-2/h4-9,14,17,24H,10-12H2,1-3H3/t14-,17+,21+/m0/s1. The Balaban J connectivity index is 1.70. The number of nitrogens with zero attached hydrogens (tertiary/aromatic N) is 2. The molecule has 1 aromatic carbocycles. The topological polar surface area (TPSA) is 71.9 Å². The Kier molecular flexibility index (Phi) is 4.30. The van der Waals surface area contributed by atoms with Crippen LogP contribution < -0.4 is 4.90 Å². The molecule has 1 aliphatic carbocycles. The molecule has 0 unspecified atom stereocenters. The summed E-state index contributed by atoms with van der Waals surface area (Å²) in [7, 11) is 3.09. The van der Waals surface area contributed by atoms with Gasteiger partial charge in [0.2, 0.25) is 0 Å². The van der Waals surface area contributed by atoms with E-state index in [4.69, 9.17) is 14.5 Å². The van der Waals surface area contributed by atoms with Gasteiger partial charge in [0.25, 0.3) is 0 Å². The van der Waals surface area contributed by atoms with Crippen LogP contribution in [0.15, 0.2) is 36.4 Å². The number of pyridine rings is 1. The van der Waals surface area contributed by atoms with Gasteiger partial charge < -0.3 is 19.5 Å². The van der Waals surface area contributed by atoms with Crippen molar-refractivity contribution in [3.05, 3.63) is 42.0 Å². The molecule has 2 aliphatic rings. The second-order valence-electron chi connectivity index (χ2n) is 7.41. The Morgan fingerprint density at radius 1 is 1.30 bits per heavy atom. The van der Waals surface area contributed by atoms with Gasteiger partial charge in [0.15, 0.2) is 0 Å². The third-order valence-electron chi connectivity index (χ3n) is 5.97. The van der Waals surface area contributed by atoms with Crippen molar-refractivity contribution in [1.29, 1.82) is 0 Å². The second-order valence-corrected chi connectivity index (χ2v) is 7.41. The first-order chi connectivity index (χ1) is 13.0. The molecular weight excluding hydrogens is 344 g/mol. The zero-order valence-electron chi connectivity index (χ0n) is 15.8. The molecule has 6 heteroatoms. The summed E-state index contributed by atoms with van der Waals surface area (Å²) in [4.78, 5) is 19.4. The van der Waals surface area contributed by atoms with Crippen molar-refractivity contribution in [2.75, 3.05) is 32.3 Å². The highest BCUT2D eigenvalue weighted by molar-refractivity contribution is 5.84. The number of methoxy groups -OCH3 is 2. The minimum Gasteiger partial charge on any atom is -0.507 e. The fourth-order valence-electron chi connectivity index (χ4n) is 4.45. The molecule has 1 saturated carbocycles. The summed E-state index contributed by atoms with van der Waals surface area (Å²) in [5.41, 5.74) is 1.72. The fourth-order valence-corrected chi connectivity index (χ4v) is 4.45. The first kappa shape index (κ1) is 17.8. The van der Waals surface area contributed by atoms with Crippen molar-refractivity contribution in [1.82, 2.24) is 4.98 Å². The number of fused-ring (bicyclic) bond motifs is 1. The van der Waals surface area contributed by atoms with Crippen LogP contribution in [0.2, 0.25) is 0 Å². The van der Waals surface area contributed by atoms with Gasteiger partial charge in [-0.15, -0.1) is 0 Å². The van der Waals surface area contributed by atoms with Gasteiger partial charge in [-0.05, 0) is 43.0 Å². The Bertz CT molecular complexity index is 884. The maximum atomic E-state index is 12.5. The van der Waals surface area contributed by atoms with Crippen molar-refractivity contribution in [3.8, 4) is 17.0 Å². The second kappa shape index (κ2) is 6.53. The number of phenolic OH excluding ortho intramolecular Hbond substituents is 1. The number of para-hydroxylation sites is 1. The highest BCUT2D eigenvalue weighted by Crippen LogP contribution is 2.62. The number of piperidine rings is 1. The summed E-state index contributed by atoms with van der Waals surface area (Å²) >= 11 is 0. The van der Waals surface area contributed by atoms with E-state index in [0.29, 0.717) is 17.9 Å². The molecule has 1 saturated heterocycles. The number of ether oxygens (including phenoxy) is 2. The van der Waals surface area contributed by atoms with E-state index >= 15 is 0 Å². The fraction of sp³-hybridized carbons (Fsp3) is 0.429. The molecule has 2 heterocycles. The molecule has 0 radical (unpaired) electrons. The molecule has 142 valence electrons. The maximum Gasteiger partial charge on any atom is 0.314 e. The normalized spacial score (nSPS) is 26.0. The quantitative estimate of drug-likeness (QED) is 0.819. The van der Waals surface area contributed by atoms with Crippen LogP contribution in [0.5, 0.6) is 5.75 Å². The number of anilines is 1.